The zero-order valence-corrected chi connectivity index (χ0v) is 11.0. The van der Waals surface area contributed by atoms with Crippen molar-refractivity contribution in [3.05, 3.63) is 33.9 Å². The fraction of sp³-hybridized carbons (Fsp3) is 0.462. The molecule has 0 saturated heterocycles. The number of rotatable bonds is 5. The summed E-state index contributed by atoms with van der Waals surface area (Å²) in [5.41, 5.74) is 0.391. The van der Waals surface area contributed by atoms with E-state index in [2.05, 4.69) is 10.6 Å². The van der Waals surface area contributed by atoms with Crippen LogP contribution in [0.5, 0.6) is 0 Å². The number of nitrogens with zero attached hydrogens (tertiary/aromatic N) is 1. The van der Waals surface area contributed by atoms with Gasteiger partial charge in [-0.05, 0) is 32.8 Å². The number of hydrogen-bond donors (Lipinski definition) is 2. The Balaban J connectivity index is 2.35. The molecule has 0 heterocycles. The lowest BCUT2D eigenvalue weighted by molar-refractivity contribution is -0.384. The molecule has 1 aliphatic carbocycles. The summed E-state index contributed by atoms with van der Waals surface area (Å²) in [7, 11) is 0. The summed E-state index contributed by atoms with van der Waals surface area (Å²) in [5.74, 6) is -0.264. The monoisotopic (exact) mass is 263 g/mol. The van der Waals surface area contributed by atoms with E-state index in [1.165, 1.54) is 12.1 Å². The zero-order valence-electron chi connectivity index (χ0n) is 11.0. The summed E-state index contributed by atoms with van der Waals surface area (Å²) >= 11 is 0. The molecule has 0 unspecified atom stereocenters. The maximum atomic E-state index is 12.2. The Bertz CT molecular complexity index is 524. The first-order valence-corrected chi connectivity index (χ1v) is 6.30. The van der Waals surface area contributed by atoms with Gasteiger partial charge in [0.2, 0.25) is 0 Å². The van der Waals surface area contributed by atoms with E-state index in [0.29, 0.717) is 12.1 Å². The van der Waals surface area contributed by atoms with Gasteiger partial charge in [-0.25, -0.2) is 0 Å². The van der Waals surface area contributed by atoms with Crippen LogP contribution in [0, 0.1) is 10.1 Å². The number of nitrogens with one attached hydrogen (secondary N) is 2. The van der Waals surface area contributed by atoms with Crippen LogP contribution in [0.25, 0.3) is 0 Å². The predicted molar refractivity (Wildman–Crippen MR) is 72.4 cm³/mol. The third-order valence-electron chi connectivity index (χ3n) is 3.25. The second-order valence-corrected chi connectivity index (χ2v) is 5.00. The summed E-state index contributed by atoms with van der Waals surface area (Å²) in [6, 6.07) is 4.53. The first-order chi connectivity index (χ1) is 8.97. The molecule has 1 aromatic rings. The lowest BCUT2D eigenvalue weighted by Gasteiger charge is -2.14. The lowest BCUT2D eigenvalue weighted by Crippen LogP contribution is -2.34. The second kappa shape index (κ2) is 4.87. The molecule has 2 N–H and O–H groups in total. The lowest BCUT2D eigenvalue weighted by atomic mass is 10.1. The smallest absolute Gasteiger partial charge is 0.293 e. The molecule has 1 aliphatic rings. The van der Waals surface area contributed by atoms with Crippen molar-refractivity contribution < 1.29 is 9.72 Å². The summed E-state index contributed by atoms with van der Waals surface area (Å²) in [5, 5.41) is 16.8. The van der Waals surface area contributed by atoms with Gasteiger partial charge in [0.05, 0.1) is 10.5 Å². The standard InChI is InChI=1S/C13H17N3O3/c1-3-14-11-9(5-4-6-10(11)16(18)19)12(17)15-13(2)7-8-13/h4-6,14H,3,7-8H2,1-2H3,(H,15,17). The summed E-state index contributed by atoms with van der Waals surface area (Å²) < 4.78 is 0. The molecular weight excluding hydrogens is 246 g/mol. The predicted octanol–water partition coefficient (Wildman–Crippen LogP) is 2.31. The van der Waals surface area contributed by atoms with Gasteiger partial charge in [0.1, 0.15) is 5.69 Å². The van der Waals surface area contributed by atoms with Gasteiger partial charge in [-0.15, -0.1) is 0 Å². The molecule has 6 heteroatoms. The van der Waals surface area contributed by atoms with Gasteiger partial charge < -0.3 is 10.6 Å². The van der Waals surface area contributed by atoms with Crippen molar-refractivity contribution in [3.8, 4) is 0 Å². The summed E-state index contributed by atoms with van der Waals surface area (Å²) in [4.78, 5) is 22.7. The van der Waals surface area contributed by atoms with Crippen LogP contribution in [-0.2, 0) is 0 Å². The van der Waals surface area contributed by atoms with Crippen LogP contribution < -0.4 is 10.6 Å². The van der Waals surface area contributed by atoms with Crippen molar-refractivity contribution in [2.75, 3.05) is 11.9 Å². The van der Waals surface area contributed by atoms with E-state index in [1.54, 1.807) is 6.07 Å². The highest BCUT2D eigenvalue weighted by molar-refractivity contribution is 6.02. The minimum absolute atomic E-state index is 0.0737. The topological polar surface area (TPSA) is 84.3 Å². The van der Waals surface area contributed by atoms with Gasteiger partial charge in [-0.1, -0.05) is 6.07 Å². The molecule has 0 radical (unpaired) electrons. The fourth-order valence-electron chi connectivity index (χ4n) is 1.90. The van der Waals surface area contributed by atoms with E-state index >= 15 is 0 Å². The van der Waals surface area contributed by atoms with Gasteiger partial charge in [-0.3, -0.25) is 14.9 Å². The maximum absolute atomic E-state index is 12.2. The molecule has 102 valence electrons. The van der Waals surface area contributed by atoms with E-state index in [0.717, 1.165) is 12.8 Å². The fourth-order valence-corrected chi connectivity index (χ4v) is 1.90. The van der Waals surface area contributed by atoms with Gasteiger partial charge in [0.25, 0.3) is 11.6 Å². The largest absolute Gasteiger partial charge is 0.379 e. The average Bonchev–Trinajstić information content (AvgIpc) is 3.07. The molecule has 0 aliphatic heterocycles. The van der Waals surface area contributed by atoms with Crippen molar-refractivity contribution in [1.82, 2.24) is 5.32 Å². The molecule has 1 fully saturated rings. The van der Waals surface area contributed by atoms with Crippen LogP contribution in [0.2, 0.25) is 0 Å². The SMILES string of the molecule is CCNc1c(C(=O)NC2(C)CC2)cccc1[N+](=O)[O-]. The number of hydrogen-bond acceptors (Lipinski definition) is 4. The number of amides is 1. The van der Waals surface area contributed by atoms with Crippen LogP contribution in [0.3, 0.4) is 0 Å². The van der Waals surface area contributed by atoms with Gasteiger partial charge in [-0.2, -0.15) is 0 Å². The Morgan fingerprint density at radius 2 is 2.16 bits per heavy atom. The van der Waals surface area contributed by atoms with Gasteiger partial charge in [0.15, 0.2) is 0 Å². The van der Waals surface area contributed by atoms with Crippen LogP contribution in [0.15, 0.2) is 18.2 Å². The minimum atomic E-state index is -0.479. The van der Waals surface area contributed by atoms with Crippen LogP contribution in [0.1, 0.15) is 37.0 Å². The number of nitro groups is 1. The number of nitro benzene ring substituents is 1. The molecule has 2 rings (SSSR count). The van der Waals surface area contributed by atoms with Crippen LogP contribution >= 0.6 is 0 Å². The molecule has 0 bridgehead atoms. The Labute approximate surface area is 111 Å². The highest BCUT2D eigenvalue weighted by Crippen LogP contribution is 2.35. The van der Waals surface area contributed by atoms with E-state index in [-0.39, 0.29) is 22.8 Å². The van der Waals surface area contributed by atoms with E-state index in [9.17, 15) is 14.9 Å². The normalized spacial score (nSPS) is 15.7. The summed E-state index contributed by atoms with van der Waals surface area (Å²) in [6.45, 7) is 4.32. The Morgan fingerprint density at radius 3 is 2.68 bits per heavy atom. The molecule has 1 aromatic carbocycles. The molecule has 1 amide bonds. The third-order valence-corrected chi connectivity index (χ3v) is 3.25. The van der Waals surface area contributed by atoms with Crippen molar-refractivity contribution >= 4 is 17.3 Å². The zero-order chi connectivity index (χ0) is 14.0. The molecule has 0 aromatic heterocycles. The number of carbonyl (C=O) groups is 1. The highest BCUT2D eigenvalue weighted by Gasteiger charge is 2.39. The van der Waals surface area contributed by atoms with Crippen LogP contribution in [-0.4, -0.2) is 22.9 Å². The first kappa shape index (κ1) is 13.3. The summed E-state index contributed by atoms with van der Waals surface area (Å²) in [6.07, 6.45) is 1.90. The highest BCUT2D eigenvalue weighted by atomic mass is 16.6. The van der Waals surface area contributed by atoms with Crippen molar-refractivity contribution in [3.63, 3.8) is 0 Å². The molecule has 6 nitrogen and oxygen atoms in total. The molecular formula is C13H17N3O3. The number of anilines is 1. The molecule has 19 heavy (non-hydrogen) atoms. The van der Waals surface area contributed by atoms with E-state index in [4.69, 9.17) is 0 Å². The van der Waals surface area contributed by atoms with E-state index < -0.39 is 4.92 Å². The quantitative estimate of drug-likeness (QED) is 0.630. The molecule has 0 atom stereocenters. The number of benzene rings is 1. The Morgan fingerprint density at radius 1 is 1.47 bits per heavy atom. The average molecular weight is 263 g/mol. The van der Waals surface area contributed by atoms with Gasteiger partial charge >= 0.3 is 0 Å². The van der Waals surface area contributed by atoms with Crippen molar-refractivity contribution in [2.24, 2.45) is 0 Å². The van der Waals surface area contributed by atoms with Crippen molar-refractivity contribution in [2.45, 2.75) is 32.2 Å². The van der Waals surface area contributed by atoms with Gasteiger partial charge in [0, 0.05) is 18.2 Å². The Hall–Kier alpha value is -2.11. The second-order valence-electron chi connectivity index (χ2n) is 5.00. The molecule has 0 spiro atoms. The van der Waals surface area contributed by atoms with E-state index in [1.807, 2.05) is 13.8 Å². The molecule has 1 saturated carbocycles. The minimum Gasteiger partial charge on any atom is -0.379 e. The number of carbonyl (C=O) groups excluding carboxylic acids is 1. The number of para-hydroxylation sites is 1. The van der Waals surface area contributed by atoms with Crippen molar-refractivity contribution in [1.29, 1.82) is 0 Å². The maximum Gasteiger partial charge on any atom is 0.293 e. The first-order valence-electron chi connectivity index (χ1n) is 6.30. The van der Waals surface area contributed by atoms with Crippen LogP contribution in [0.4, 0.5) is 11.4 Å². The third kappa shape index (κ3) is 2.83. The Kier molecular flexibility index (Phi) is 3.42.